The van der Waals surface area contributed by atoms with Crippen LogP contribution in [-0.2, 0) is 19.1 Å². The third-order valence-corrected chi connectivity index (χ3v) is 7.27. The molecule has 0 aromatic carbocycles. The monoisotopic (exact) mass is 346 g/mol. The summed E-state index contributed by atoms with van der Waals surface area (Å²) in [5, 5.41) is 0. The molecule has 1 saturated heterocycles. The van der Waals surface area contributed by atoms with E-state index in [1.54, 1.807) is 0 Å². The summed E-state index contributed by atoms with van der Waals surface area (Å²) < 4.78 is 11.2. The molecule has 3 atom stereocenters. The Morgan fingerprint density at radius 3 is 2.56 bits per heavy atom. The highest BCUT2D eigenvalue weighted by Gasteiger charge is 2.76. The van der Waals surface area contributed by atoms with Crippen molar-refractivity contribution < 1.29 is 19.1 Å². The van der Waals surface area contributed by atoms with Gasteiger partial charge in [-0.25, -0.2) is 4.79 Å². The van der Waals surface area contributed by atoms with Crippen molar-refractivity contribution in [2.24, 2.45) is 16.7 Å². The molecule has 3 aliphatic rings. The van der Waals surface area contributed by atoms with Crippen LogP contribution in [0.15, 0.2) is 23.8 Å². The Kier molecular flexibility index (Phi) is 4.37. The fraction of sp³-hybridized carbons (Fsp3) is 0.714. The van der Waals surface area contributed by atoms with E-state index < -0.39 is 16.4 Å². The minimum atomic E-state index is -1.11. The van der Waals surface area contributed by atoms with Crippen LogP contribution in [-0.4, -0.2) is 24.1 Å². The van der Waals surface area contributed by atoms with E-state index >= 15 is 0 Å². The molecular weight excluding hydrogens is 316 g/mol. The molecule has 3 unspecified atom stereocenters. The zero-order chi connectivity index (χ0) is 18.5. The molecule has 0 aromatic heterocycles. The highest BCUT2D eigenvalue weighted by Crippen LogP contribution is 2.65. The number of hydrogen-bond acceptors (Lipinski definition) is 4. The highest BCUT2D eigenvalue weighted by atomic mass is 16.6. The van der Waals surface area contributed by atoms with Crippen LogP contribution < -0.4 is 0 Å². The van der Waals surface area contributed by atoms with Crippen molar-refractivity contribution in [2.45, 2.75) is 71.8 Å². The average molecular weight is 346 g/mol. The standard InChI is InChI=1S/C21H30O4/c1-14(2)16-8-6-15(7-9-16)10-13-24-18(23)21-12-11-20(5,17(22)25-21)19(21,3)4/h6,16H,1,7-13H2,2-5H3. The van der Waals surface area contributed by atoms with E-state index in [0.29, 0.717) is 25.4 Å². The van der Waals surface area contributed by atoms with Crippen molar-refractivity contribution in [3.63, 3.8) is 0 Å². The summed E-state index contributed by atoms with van der Waals surface area (Å²) in [6.45, 7) is 12.3. The second-order valence-electron chi connectivity index (χ2n) is 8.74. The second-order valence-corrected chi connectivity index (χ2v) is 8.74. The Morgan fingerprint density at radius 2 is 2.08 bits per heavy atom. The highest BCUT2D eigenvalue weighted by molar-refractivity contribution is 5.93. The van der Waals surface area contributed by atoms with Gasteiger partial charge in [0.25, 0.3) is 0 Å². The van der Waals surface area contributed by atoms with Crippen LogP contribution >= 0.6 is 0 Å². The van der Waals surface area contributed by atoms with Gasteiger partial charge in [0, 0.05) is 11.8 Å². The predicted molar refractivity (Wildman–Crippen MR) is 95.8 cm³/mol. The van der Waals surface area contributed by atoms with Crippen molar-refractivity contribution in [3.05, 3.63) is 23.8 Å². The summed E-state index contributed by atoms with van der Waals surface area (Å²) in [5.74, 6) is -0.0510. The molecule has 1 heterocycles. The van der Waals surface area contributed by atoms with Gasteiger partial charge in [0.2, 0.25) is 5.60 Å². The zero-order valence-electron chi connectivity index (χ0n) is 15.9. The number of fused-ring (bicyclic) bond motifs is 2. The van der Waals surface area contributed by atoms with Gasteiger partial charge < -0.3 is 9.47 Å². The van der Waals surface area contributed by atoms with Gasteiger partial charge in [-0.2, -0.15) is 0 Å². The molecule has 0 amide bonds. The summed E-state index contributed by atoms with van der Waals surface area (Å²) in [4.78, 5) is 25.0. The summed E-state index contributed by atoms with van der Waals surface area (Å²) in [5.41, 5.74) is 0.366. The maximum Gasteiger partial charge on any atom is 0.351 e. The molecule has 2 fully saturated rings. The fourth-order valence-electron chi connectivity index (χ4n) is 4.66. The van der Waals surface area contributed by atoms with Crippen LogP contribution in [0.2, 0.25) is 0 Å². The third-order valence-electron chi connectivity index (χ3n) is 7.27. The lowest BCUT2D eigenvalue weighted by Gasteiger charge is -2.34. The smallest absolute Gasteiger partial charge is 0.351 e. The molecule has 1 saturated carbocycles. The fourth-order valence-corrected chi connectivity index (χ4v) is 4.66. The van der Waals surface area contributed by atoms with Crippen LogP contribution in [0.1, 0.15) is 66.2 Å². The lowest BCUT2D eigenvalue weighted by Crippen LogP contribution is -2.48. The quantitative estimate of drug-likeness (QED) is 0.549. The van der Waals surface area contributed by atoms with E-state index in [4.69, 9.17) is 9.47 Å². The van der Waals surface area contributed by atoms with Crippen molar-refractivity contribution in [3.8, 4) is 0 Å². The lowest BCUT2D eigenvalue weighted by atomic mass is 9.66. The minimum Gasteiger partial charge on any atom is -0.462 e. The van der Waals surface area contributed by atoms with Crippen LogP contribution in [0.5, 0.6) is 0 Å². The minimum absolute atomic E-state index is 0.262. The Labute approximate surface area is 150 Å². The maximum atomic E-state index is 12.8. The number of hydrogen-bond donors (Lipinski definition) is 0. The second kappa shape index (κ2) is 6.00. The Hall–Kier alpha value is -1.58. The largest absolute Gasteiger partial charge is 0.462 e. The van der Waals surface area contributed by atoms with Gasteiger partial charge in [-0.3, -0.25) is 4.79 Å². The van der Waals surface area contributed by atoms with E-state index in [2.05, 4.69) is 19.6 Å². The number of esters is 2. The average Bonchev–Trinajstić information content (AvgIpc) is 2.85. The molecule has 0 aromatic rings. The van der Waals surface area contributed by atoms with E-state index in [-0.39, 0.29) is 11.9 Å². The molecule has 4 heteroatoms. The SMILES string of the molecule is C=C(C)C1CC=C(CCOC(=O)C23CCC(C)(C(=O)O2)C3(C)C)CC1. The van der Waals surface area contributed by atoms with E-state index in [0.717, 1.165) is 25.7 Å². The van der Waals surface area contributed by atoms with Gasteiger partial charge in [-0.1, -0.05) is 37.6 Å². The molecule has 2 aliphatic carbocycles. The first-order valence-electron chi connectivity index (χ1n) is 9.38. The van der Waals surface area contributed by atoms with Gasteiger partial charge in [-0.05, 0) is 51.9 Å². The first-order valence-corrected chi connectivity index (χ1v) is 9.38. The topological polar surface area (TPSA) is 52.6 Å². The molecule has 0 radical (unpaired) electrons. The first-order chi connectivity index (χ1) is 11.6. The van der Waals surface area contributed by atoms with Crippen molar-refractivity contribution in [1.29, 1.82) is 0 Å². The van der Waals surface area contributed by atoms with Crippen LogP contribution in [0.4, 0.5) is 0 Å². The van der Waals surface area contributed by atoms with Gasteiger partial charge in [0.05, 0.1) is 12.0 Å². The third kappa shape index (κ3) is 2.56. The summed E-state index contributed by atoms with van der Waals surface area (Å²) in [6.07, 6.45) is 7.47. The lowest BCUT2D eigenvalue weighted by molar-refractivity contribution is -0.183. The van der Waals surface area contributed by atoms with Gasteiger partial charge >= 0.3 is 11.9 Å². The van der Waals surface area contributed by atoms with Crippen molar-refractivity contribution >= 4 is 11.9 Å². The van der Waals surface area contributed by atoms with Gasteiger partial charge in [0.15, 0.2) is 0 Å². The molecule has 4 nitrogen and oxygen atoms in total. The molecular formula is C21H30O4. The van der Waals surface area contributed by atoms with Crippen LogP contribution in [0, 0.1) is 16.7 Å². The Balaban J connectivity index is 1.58. The Morgan fingerprint density at radius 1 is 1.36 bits per heavy atom. The number of allylic oxidation sites excluding steroid dienone is 2. The molecule has 0 spiro atoms. The van der Waals surface area contributed by atoms with Gasteiger partial charge in [-0.15, -0.1) is 0 Å². The van der Waals surface area contributed by atoms with Crippen LogP contribution in [0.25, 0.3) is 0 Å². The predicted octanol–water partition coefficient (Wildman–Crippen LogP) is 4.34. The Bertz CT molecular complexity index is 644. The summed E-state index contributed by atoms with van der Waals surface area (Å²) >= 11 is 0. The maximum absolute atomic E-state index is 12.8. The van der Waals surface area contributed by atoms with E-state index in [9.17, 15) is 9.59 Å². The molecule has 25 heavy (non-hydrogen) atoms. The zero-order valence-corrected chi connectivity index (χ0v) is 15.9. The number of ether oxygens (including phenoxy) is 2. The van der Waals surface area contributed by atoms with Crippen molar-refractivity contribution in [1.82, 2.24) is 0 Å². The van der Waals surface area contributed by atoms with Gasteiger partial charge in [0.1, 0.15) is 0 Å². The number of carbonyl (C=O) groups excluding carboxylic acids is 2. The molecule has 3 rings (SSSR count). The number of carbonyl (C=O) groups is 2. The van der Waals surface area contributed by atoms with Crippen molar-refractivity contribution in [2.75, 3.05) is 6.61 Å². The normalized spacial score (nSPS) is 35.9. The van der Waals surface area contributed by atoms with E-state index in [1.807, 2.05) is 20.8 Å². The van der Waals surface area contributed by atoms with Crippen LogP contribution in [0.3, 0.4) is 0 Å². The number of rotatable bonds is 5. The molecule has 138 valence electrons. The first kappa shape index (κ1) is 18.2. The summed E-state index contributed by atoms with van der Waals surface area (Å²) in [7, 11) is 0. The van der Waals surface area contributed by atoms with E-state index in [1.165, 1.54) is 11.1 Å². The molecule has 1 aliphatic heterocycles. The molecule has 0 N–H and O–H groups in total. The summed E-state index contributed by atoms with van der Waals surface area (Å²) in [6, 6.07) is 0. The molecule has 2 bridgehead atoms.